The second kappa shape index (κ2) is 7.36. The first-order valence-electron chi connectivity index (χ1n) is 7.27. The molecule has 0 aliphatic heterocycles. The van der Waals surface area contributed by atoms with Gasteiger partial charge in [-0.25, -0.2) is 4.98 Å². The van der Waals surface area contributed by atoms with E-state index in [1.165, 1.54) is 38.3 Å². The van der Waals surface area contributed by atoms with Gasteiger partial charge in [0.2, 0.25) is 0 Å². The number of thioether (sulfide) groups is 1. The molecule has 2 rings (SSSR count). The van der Waals surface area contributed by atoms with Gasteiger partial charge in [-0.3, -0.25) is 4.79 Å². The molecule has 0 spiro atoms. The third-order valence-electron chi connectivity index (χ3n) is 4.13. The van der Waals surface area contributed by atoms with Crippen molar-refractivity contribution in [3.05, 3.63) is 22.8 Å². The first kappa shape index (κ1) is 16.4. The molecule has 0 aromatic carbocycles. The summed E-state index contributed by atoms with van der Waals surface area (Å²) < 4.78 is 0.180. The summed E-state index contributed by atoms with van der Waals surface area (Å²) in [5.74, 6) is 0.514. The Labute approximate surface area is 135 Å². The van der Waals surface area contributed by atoms with Crippen molar-refractivity contribution in [2.45, 2.75) is 36.9 Å². The smallest absolute Gasteiger partial charge is 0.253 e. The number of rotatable bonds is 5. The first-order valence-corrected chi connectivity index (χ1v) is 8.87. The number of nitrogens with zero attached hydrogens (tertiary/aromatic N) is 1. The molecular formula is C15H22ClN3OS. The van der Waals surface area contributed by atoms with Gasteiger partial charge < -0.3 is 10.6 Å². The fourth-order valence-electron chi connectivity index (χ4n) is 2.74. The fourth-order valence-corrected chi connectivity index (χ4v) is 3.84. The van der Waals surface area contributed by atoms with E-state index in [0.717, 1.165) is 0 Å². The number of carbonyl (C=O) groups is 1. The van der Waals surface area contributed by atoms with Crippen molar-refractivity contribution in [3.63, 3.8) is 0 Å². The zero-order chi connectivity index (χ0) is 15.3. The topological polar surface area (TPSA) is 54.0 Å². The number of halogens is 1. The van der Waals surface area contributed by atoms with Crippen molar-refractivity contribution in [2.24, 2.45) is 0 Å². The molecule has 0 saturated heterocycles. The van der Waals surface area contributed by atoms with Crippen LogP contribution >= 0.6 is 23.4 Å². The molecule has 1 amide bonds. The van der Waals surface area contributed by atoms with Crippen molar-refractivity contribution < 1.29 is 4.79 Å². The van der Waals surface area contributed by atoms with Crippen LogP contribution in [0, 0.1) is 0 Å². The summed E-state index contributed by atoms with van der Waals surface area (Å²) in [5, 5.41) is 6.36. The molecule has 1 aliphatic carbocycles. The Morgan fingerprint density at radius 2 is 2.14 bits per heavy atom. The van der Waals surface area contributed by atoms with Crippen LogP contribution in [0.15, 0.2) is 12.3 Å². The van der Waals surface area contributed by atoms with Crippen molar-refractivity contribution in [3.8, 4) is 0 Å². The van der Waals surface area contributed by atoms with Crippen LogP contribution in [0.4, 0.5) is 5.82 Å². The Bertz CT molecular complexity index is 504. The average molecular weight is 328 g/mol. The van der Waals surface area contributed by atoms with E-state index in [9.17, 15) is 4.79 Å². The molecule has 116 valence electrons. The summed E-state index contributed by atoms with van der Waals surface area (Å²) in [6, 6.07) is 1.68. The minimum atomic E-state index is -0.127. The standard InChI is InChI=1S/C15H22ClN3OS/c1-17-13-8-11(12(16)9-18-13)14(20)19-10-15(21-2)6-4-3-5-7-15/h8-9H,3-7,10H2,1-2H3,(H,17,18)(H,19,20). The molecule has 1 aromatic rings. The number of hydrogen-bond acceptors (Lipinski definition) is 4. The van der Waals surface area contributed by atoms with Crippen molar-refractivity contribution in [2.75, 3.05) is 25.2 Å². The molecule has 0 radical (unpaired) electrons. The van der Waals surface area contributed by atoms with Gasteiger partial charge in [0.05, 0.1) is 10.6 Å². The number of carbonyl (C=O) groups excluding carboxylic acids is 1. The third kappa shape index (κ3) is 4.04. The number of anilines is 1. The number of nitrogens with one attached hydrogen (secondary N) is 2. The molecular weight excluding hydrogens is 306 g/mol. The molecule has 21 heavy (non-hydrogen) atoms. The SMILES string of the molecule is CNc1cc(C(=O)NCC2(SC)CCCCC2)c(Cl)cn1. The molecule has 1 heterocycles. The lowest BCUT2D eigenvalue weighted by molar-refractivity contribution is 0.0947. The largest absolute Gasteiger partial charge is 0.373 e. The van der Waals surface area contributed by atoms with Gasteiger partial charge >= 0.3 is 0 Å². The lowest BCUT2D eigenvalue weighted by atomic mass is 9.88. The molecule has 1 saturated carbocycles. The summed E-state index contributed by atoms with van der Waals surface area (Å²) in [4.78, 5) is 16.5. The quantitative estimate of drug-likeness (QED) is 0.868. The van der Waals surface area contributed by atoms with Crippen LogP contribution in [0.3, 0.4) is 0 Å². The molecule has 1 fully saturated rings. The van der Waals surface area contributed by atoms with Crippen molar-refractivity contribution in [1.29, 1.82) is 0 Å². The monoisotopic (exact) mass is 327 g/mol. The van der Waals surface area contributed by atoms with Gasteiger partial charge in [-0.2, -0.15) is 11.8 Å². The van der Waals surface area contributed by atoms with Gasteiger partial charge in [0.1, 0.15) is 5.82 Å². The van der Waals surface area contributed by atoms with E-state index in [4.69, 9.17) is 11.6 Å². The van der Waals surface area contributed by atoms with Gasteiger partial charge in [-0.1, -0.05) is 30.9 Å². The normalized spacial score (nSPS) is 17.3. The Balaban J connectivity index is 2.04. The lowest BCUT2D eigenvalue weighted by Crippen LogP contribution is -2.41. The highest BCUT2D eigenvalue weighted by Gasteiger charge is 2.31. The van der Waals surface area contributed by atoms with Gasteiger partial charge in [0.25, 0.3) is 5.91 Å². The second-order valence-electron chi connectivity index (χ2n) is 5.43. The van der Waals surface area contributed by atoms with E-state index in [-0.39, 0.29) is 10.7 Å². The maximum Gasteiger partial charge on any atom is 0.253 e. The van der Waals surface area contributed by atoms with E-state index < -0.39 is 0 Å². The zero-order valence-electron chi connectivity index (χ0n) is 12.5. The zero-order valence-corrected chi connectivity index (χ0v) is 14.1. The Hall–Kier alpha value is -0.940. The van der Waals surface area contributed by atoms with Gasteiger partial charge in [0, 0.05) is 24.5 Å². The Morgan fingerprint density at radius 3 is 2.76 bits per heavy atom. The lowest BCUT2D eigenvalue weighted by Gasteiger charge is -2.35. The predicted octanol–water partition coefficient (Wildman–Crippen LogP) is 3.57. The van der Waals surface area contributed by atoms with Crippen LogP contribution < -0.4 is 10.6 Å². The van der Waals surface area contributed by atoms with Crippen LogP contribution in [-0.4, -0.2) is 35.5 Å². The Morgan fingerprint density at radius 1 is 1.43 bits per heavy atom. The second-order valence-corrected chi connectivity index (χ2v) is 7.11. The van der Waals surface area contributed by atoms with E-state index in [2.05, 4.69) is 21.9 Å². The van der Waals surface area contributed by atoms with E-state index in [1.807, 2.05) is 11.8 Å². The summed E-state index contributed by atoms with van der Waals surface area (Å²) in [6.45, 7) is 0.695. The highest BCUT2D eigenvalue weighted by atomic mass is 35.5. The summed E-state index contributed by atoms with van der Waals surface area (Å²) in [5.41, 5.74) is 0.475. The molecule has 1 aromatic heterocycles. The van der Waals surface area contributed by atoms with Crippen molar-refractivity contribution in [1.82, 2.24) is 10.3 Å². The minimum Gasteiger partial charge on any atom is -0.373 e. The molecule has 4 nitrogen and oxygen atoms in total. The summed E-state index contributed by atoms with van der Waals surface area (Å²) in [7, 11) is 1.77. The highest BCUT2D eigenvalue weighted by Crippen LogP contribution is 2.38. The fraction of sp³-hybridized carbons (Fsp3) is 0.600. The van der Waals surface area contributed by atoms with Crippen LogP contribution in [0.1, 0.15) is 42.5 Å². The molecule has 0 atom stereocenters. The van der Waals surface area contributed by atoms with E-state index in [1.54, 1.807) is 13.1 Å². The molecule has 2 N–H and O–H groups in total. The Kier molecular flexibility index (Phi) is 5.76. The highest BCUT2D eigenvalue weighted by molar-refractivity contribution is 8.00. The predicted molar refractivity (Wildman–Crippen MR) is 90.5 cm³/mol. The summed E-state index contributed by atoms with van der Waals surface area (Å²) in [6.07, 6.45) is 9.77. The van der Waals surface area contributed by atoms with Crippen molar-refractivity contribution >= 4 is 35.1 Å². The van der Waals surface area contributed by atoms with Crippen LogP contribution in [0.5, 0.6) is 0 Å². The average Bonchev–Trinajstić information content (AvgIpc) is 2.54. The van der Waals surface area contributed by atoms with Crippen LogP contribution in [0.2, 0.25) is 5.02 Å². The van der Waals surface area contributed by atoms with Crippen LogP contribution in [-0.2, 0) is 0 Å². The molecule has 0 bridgehead atoms. The van der Waals surface area contributed by atoms with Crippen LogP contribution in [0.25, 0.3) is 0 Å². The van der Waals surface area contributed by atoms with Gasteiger partial charge in [0.15, 0.2) is 0 Å². The number of amides is 1. The summed E-state index contributed by atoms with van der Waals surface area (Å²) >= 11 is 7.95. The number of hydrogen-bond donors (Lipinski definition) is 2. The minimum absolute atomic E-state index is 0.127. The molecule has 0 unspecified atom stereocenters. The first-order chi connectivity index (χ1) is 10.1. The van der Waals surface area contributed by atoms with E-state index >= 15 is 0 Å². The maximum absolute atomic E-state index is 12.4. The number of aromatic nitrogens is 1. The number of pyridine rings is 1. The molecule has 1 aliphatic rings. The van der Waals surface area contributed by atoms with E-state index in [0.29, 0.717) is 22.9 Å². The van der Waals surface area contributed by atoms with Gasteiger partial charge in [-0.05, 0) is 25.2 Å². The molecule has 6 heteroatoms. The third-order valence-corrected chi connectivity index (χ3v) is 5.84. The van der Waals surface area contributed by atoms with Gasteiger partial charge in [-0.15, -0.1) is 0 Å². The maximum atomic E-state index is 12.4.